The van der Waals surface area contributed by atoms with Gasteiger partial charge in [-0.3, -0.25) is 4.79 Å². The fourth-order valence-electron chi connectivity index (χ4n) is 1.50. The molecule has 0 fully saturated rings. The lowest BCUT2D eigenvalue weighted by atomic mass is 10.2. The van der Waals surface area contributed by atoms with Crippen LogP contribution in [-0.4, -0.2) is 12.5 Å². The summed E-state index contributed by atoms with van der Waals surface area (Å²) in [4.78, 5) is 11.8. The van der Waals surface area contributed by atoms with Gasteiger partial charge >= 0.3 is 0 Å². The van der Waals surface area contributed by atoms with E-state index >= 15 is 0 Å². The molecule has 5 heteroatoms. The SMILES string of the molecule is Cc1ccc(N/C=C(/C#N)C(=O)NCC(C)C)c(N)c1. The van der Waals surface area contributed by atoms with Crippen LogP contribution in [0, 0.1) is 24.2 Å². The Bertz CT molecular complexity index is 555. The summed E-state index contributed by atoms with van der Waals surface area (Å²) in [5.74, 6) is -0.0565. The average Bonchev–Trinajstić information content (AvgIpc) is 2.39. The van der Waals surface area contributed by atoms with Crippen LogP contribution in [0.5, 0.6) is 0 Å². The molecule has 5 nitrogen and oxygen atoms in total. The van der Waals surface area contributed by atoms with Crippen molar-refractivity contribution in [1.29, 1.82) is 5.26 Å². The lowest BCUT2D eigenvalue weighted by molar-refractivity contribution is -0.117. The van der Waals surface area contributed by atoms with Gasteiger partial charge in [-0.1, -0.05) is 19.9 Å². The van der Waals surface area contributed by atoms with Crippen molar-refractivity contribution in [3.8, 4) is 6.07 Å². The molecule has 0 aliphatic rings. The molecule has 0 heterocycles. The zero-order valence-corrected chi connectivity index (χ0v) is 12.0. The van der Waals surface area contributed by atoms with Crippen LogP contribution in [0.15, 0.2) is 30.0 Å². The monoisotopic (exact) mass is 272 g/mol. The molecule has 0 unspecified atom stereocenters. The molecule has 1 rings (SSSR count). The number of hydrogen-bond acceptors (Lipinski definition) is 4. The second-order valence-electron chi connectivity index (χ2n) is 5.01. The third-order valence-corrected chi connectivity index (χ3v) is 2.62. The molecule has 0 atom stereocenters. The highest BCUT2D eigenvalue weighted by Gasteiger charge is 2.09. The van der Waals surface area contributed by atoms with Gasteiger partial charge in [0.25, 0.3) is 5.91 Å². The summed E-state index contributed by atoms with van der Waals surface area (Å²) in [7, 11) is 0. The molecule has 106 valence electrons. The number of carbonyl (C=O) groups excluding carboxylic acids is 1. The Balaban J connectivity index is 2.75. The number of rotatable bonds is 5. The van der Waals surface area contributed by atoms with E-state index in [0.717, 1.165) is 5.56 Å². The van der Waals surface area contributed by atoms with Gasteiger partial charge < -0.3 is 16.4 Å². The minimum absolute atomic E-state index is 0.0191. The fourth-order valence-corrected chi connectivity index (χ4v) is 1.50. The van der Waals surface area contributed by atoms with Gasteiger partial charge in [-0.15, -0.1) is 0 Å². The van der Waals surface area contributed by atoms with E-state index in [9.17, 15) is 4.79 Å². The molecule has 0 aliphatic carbocycles. The average molecular weight is 272 g/mol. The van der Waals surface area contributed by atoms with Gasteiger partial charge in [0.05, 0.1) is 11.4 Å². The molecule has 20 heavy (non-hydrogen) atoms. The van der Waals surface area contributed by atoms with Gasteiger partial charge in [0.1, 0.15) is 11.6 Å². The van der Waals surface area contributed by atoms with Crippen molar-refractivity contribution in [3.63, 3.8) is 0 Å². The van der Waals surface area contributed by atoms with Crippen LogP contribution >= 0.6 is 0 Å². The van der Waals surface area contributed by atoms with E-state index < -0.39 is 0 Å². The zero-order chi connectivity index (χ0) is 15.1. The first-order valence-electron chi connectivity index (χ1n) is 6.45. The second-order valence-corrected chi connectivity index (χ2v) is 5.01. The predicted molar refractivity (Wildman–Crippen MR) is 80.8 cm³/mol. The minimum Gasteiger partial charge on any atom is -0.397 e. The first-order chi connectivity index (χ1) is 9.43. The maximum atomic E-state index is 11.8. The van der Waals surface area contributed by atoms with Crippen molar-refractivity contribution < 1.29 is 4.79 Å². The number of amides is 1. The third-order valence-electron chi connectivity index (χ3n) is 2.62. The van der Waals surface area contributed by atoms with Crippen LogP contribution in [0.3, 0.4) is 0 Å². The van der Waals surface area contributed by atoms with E-state index in [-0.39, 0.29) is 11.5 Å². The third kappa shape index (κ3) is 4.65. The van der Waals surface area contributed by atoms with E-state index in [1.807, 2.05) is 45.0 Å². The molecule has 0 saturated carbocycles. The minimum atomic E-state index is -0.389. The lowest BCUT2D eigenvalue weighted by Crippen LogP contribution is -2.28. The Morgan fingerprint density at radius 2 is 2.20 bits per heavy atom. The van der Waals surface area contributed by atoms with Crippen LogP contribution < -0.4 is 16.4 Å². The molecule has 0 spiro atoms. The van der Waals surface area contributed by atoms with Gasteiger partial charge in [0.2, 0.25) is 0 Å². The second kappa shape index (κ2) is 7.19. The van der Waals surface area contributed by atoms with E-state index in [2.05, 4.69) is 10.6 Å². The Hall–Kier alpha value is -2.48. The first-order valence-corrected chi connectivity index (χ1v) is 6.45. The fraction of sp³-hybridized carbons (Fsp3) is 0.333. The van der Waals surface area contributed by atoms with E-state index in [1.165, 1.54) is 6.20 Å². The number of hydrogen-bond donors (Lipinski definition) is 3. The summed E-state index contributed by atoms with van der Waals surface area (Å²) in [5.41, 5.74) is 8.15. The number of benzene rings is 1. The summed E-state index contributed by atoms with van der Waals surface area (Å²) in [5, 5.41) is 14.6. The Kier molecular flexibility index (Phi) is 5.60. The van der Waals surface area contributed by atoms with E-state index in [1.54, 1.807) is 0 Å². The van der Waals surface area contributed by atoms with Crippen molar-refractivity contribution in [2.75, 3.05) is 17.6 Å². The Morgan fingerprint density at radius 1 is 1.50 bits per heavy atom. The molecular formula is C15H20N4O. The van der Waals surface area contributed by atoms with Crippen molar-refractivity contribution in [1.82, 2.24) is 5.32 Å². The van der Waals surface area contributed by atoms with Crippen molar-refractivity contribution in [2.45, 2.75) is 20.8 Å². The van der Waals surface area contributed by atoms with Gasteiger partial charge in [-0.25, -0.2) is 0 Å². The molecule has 1 aromatic carbocycles. The molecule has 0 aliphatic heterocycles. The number of anilines is 2. The van der Waals surface area contributed by atoms with E-state index in [4.69, 9.17) is 11.0 Å². The molecule has 0 radical (unpaired) electrons. The standard InChI is InChI=1S/C15H20N4O/c1-10(2)8-19-15(20)12(7-16)9-18-14-5-4-11(3)6-13(14)17/h4-6,9-10,18H,8,17H2,1-3H3,(H,19,20)/b12-9-. The number of nitrogens with two attached hydrogens (primary N) is 1. The molecule has 0 saturated heterocycles. The maximum Gasteiger partial charge on any atom is 0.263 e. The molecule has 4 N–H and O–H groups in total. The van der Waals surface area contributed by atoms with Crippen LogP contribution in [0.2, 0.25) is 0 Å². The summed E-state index contributed by atoms with van der Waals surface area (Å²) in [6.07, 6.45) is 1.37. The van der Waals surface area contributed by atoms with Gasteiger partial charge in [-0.2, -0.15) is 5.26 Å². The highest BCUT2D eigenvalue weighted by atomic mass is 16.1. The summed E-state index contributed by atoms with van der Waals surface area (Å²) >= 11 is 0. The Morgan fingerprint density at radius 3 is 2.75 bits per heavy atom. The highest BCUT2D eigenvalue weighted by Crippen LogP contribution is 2.19. The van der Waals surface area contributed by atoms with Crippen LogP contribution in [0.4, 0.5) is 11.4 Å². The molecule has 1 amide bonds. The summed E-state index contributed by atoms with van der Waals surface area (Å²) < 4.78 is 0. The number of nitrogens with one attached hydrogen (secondary N) is 2. The summed E-state index contributed by atoms with van der Waals surface area (Å²) in [6, 6.07) is 7.40. The number of carbonyl (C=O) groups is 1. The molecule has 0 aromatic heterocycles. The van der Waals surface area contributed by atoms with Gasteiger partial charge in [0, 0.05) is 12.7 Å². The highest BCUT2D eigenvalue weighted by molar-refractivity contribution is 5.97. The maximum absolute atomic E-state index is 11.8. The summed E-state index contributed by atoms with van der Waals surface area (Å²) in [6.45, 7) is 6.45. The lowest BCUT2D eigenvalue weighted by Gasteiger charge is -2.08. The van der Waals surface area contributed by atoms with Crippen molar-refractivity contribution >= 4 is 17.3 Å². The van der Waals surface area contributed by atoms with Crippen LogP contribution in [-0.2, 0) is 4.79 Å². The van der Waals surface area contributed by atoms with Crippen molar-refractivity contribution in [3.05, 3.63) is 35.5 Å². The first kappa shape index (κ1) is 15.6. The number of aryl methyl sites for hydroxylation is 1. The normalized spacial score (nSPS) is 11.1. The zero-order valence-electron chi connectivity index (χ0n) is 12.0. The van der Waals surface area contributed by atoms with Gasteiger partial charge in [-0.05, 0) is 30.5 Å². The predicted octanol–water partition coefficient (Wildman–Crippen LogP) is 2.17. The van der Waals surface area contributed by atoms with Crippen LogP contribution in [0.25, 0.3) is 0 Å². The largest absolute Gasteiger partial charge is 0.397 e. The smallest absolute Gasteiger partial charge is 0.263 e. The van der Waals surface area contributed by atoms with Gasteiger partial charge in [0.15, 0.2) is 0 Å². The molecule has 0 bridgehead atoms. The number of nitrogens with zero attached hydrogens (tertiary/aromatic N) is 1. The number of nitriles is 1. The van der Waals surface area contributed by atoms with Crippen LogP contribution in [0.1, 0.15) is 19.4 Å². The molecular weight excluding hydrogens is 252 g/mol. The number of nitrogen functional groups attached to an aromatic ring is 1. The van der Waals surface area contributed by atoms with E-state index in [0.29, 0.717) is 23.8 Å². The van der Waals surface area contributed by atoms with Crippen molar-refractivity contribution in [2.24, 2.45) is 5.92 Å². The Labute approximate surface area is 119 Å². The molecule has 1 aromatic rings. The quantitative estimate of drug-likeness (QED) is 0.435. The topological polar surface area (TPSA) is 90.9 Å².